The Morgan fingerprint density at radius 2 is 2.06 bits per heavy atom. The molecule has 18 heavy (non-hydrogen) atoms. The van der Waals surface area contributed by atoms with Gasteiger partial charge in [0, 0.05) is 18.5 Å². The monoisotopic (exact) mass is 268 g/mol. The van der Waals surface area contributed by atoms with Gasteiger partial charge < -0.3 is 5.32 Å². The van der Waals surface area contributed by atoms with Gasteiger partial charge in [-0.2, -0.15) is 0 Å². The number of hydrogen-bond donors (Lipinski definition) is 1. The molecule has 3 unspecified atom stereocenters. The van der Waals surface area contributed by atoms with E-state index in [4.69, 9.17) is 0 Å². The standard InChI is InChI=1S/C13H20N2O2S/c1-9-6-7-11(10(9)2)15-13-12(18(3,16)17)5-4-8-14-13/h4-5,8-11H,6-7H2,1-3H3,(H,14,15). The smallest absolute Gasteiger partial charge is 0.179 e. The minimum atomic E-state index is -3.23. The van der Waals surface area contributed by atoms with Crippen molar-refractivity contribution in [3.8, 4) is 0 Å². The van der Waals surface area contributed by atoms with Crippen LogP contribution in [0.5, 0.6) is 0 Å². The van der Waals surface area contributed by atoms with Gasteiger partial charge in [0.05, 0.1) is 0 Å². The Labute approximate surface area is 109 Å². The van der Waals surface area contributed by atoms with Crippen LogP contribution in [0.15, 0.2) is 23.2 Å². The summed E-state index contributed by atoms with van der Waals surface area (Å²) in [6, 6.07) is 3.58. The first kappa shape index (κ1) is 13.3. The number of aromatic nitrogens is 1. The lowest BCUT2D eigenvalue weighted by Gasteiger charge is -2.21. The number of rotatable bonds is 3. The number of hydrogen-bond acceptors (Lipinski definition) is 4. The number of nitrogens with zero attached hydrogens (tertiary/aromatic N) is 1. The normalized spacial score (nSPS) is 28.3. The summed E-state index contributed by atoms with van der Waals surface area (Å²) < 4.78 is 23.4. The van der Waals surface area contributed by atoms with E-state index in [2.05, 4.69) is 24.1 Å². The van der Waals surface area contributed by atoms with Gasteiger partial charge in [-0.05, 0) is 36.8 Å². The predicted molar refractivity (Wildman–Crippen MR) is 72.3 cm³/mol. The molecule has 0 radical (unpaired) electrons. The van der Waals surface area contributed by atoms with Crippen LogP contribution in [-0.2, 0) is 9.84 Å². The lowest BCUT2D eigenvalue weighted by atomic mass is 9.98. The minimum Gasteiger partial charge on any atom is -0.366 e. The zero-order valence-electron chi connectivity index (χ0n) is 11.1. The van der Waals surface area contributed by atoms with Crippen LogP contribution in [0.2, 0.25) is 0 Å². The number of anilines is 1. The zero-order chi connectivity index (χ0) is 13.3. The maximum atomic E-state index is 11.7. The molecule has 3 atom stereocenters. The third-order valence-electron chi connectivity index (χ3n) is 3.96. The Morgan fingerprint density at radius 3 is 2.61 bits per heavy atom. The predicted octanol–water partition coefficient (Wildman–Crippen LogP) is 2.33. The first-order valence-electron chi connectivity index (χ1n) is 6.31. The van der Waals surface area contributed by atoms with E-state index in [1.165, 1.54) is 12.7 Å². The second kappa shape index (κ2) is 4.88. The van der Waals surface area contributed by atoms with Crippen LogP contribution in [0.25, 0.3) is 0 Å². The van der Waals surface area contributed by atoms with E-state index >= 15 is 0 Å². The molecule has 5 heteroatoms. The Hall–Kier alpha value is -1.10. The molecule has 2 rings (SSSR count). The second-order valence-electron chi connectivity index (χ2n) is 5.29. The molecule has 1 aromatic heterocycles. The van der Waals surface area contributed by atoms with Crippen molar-refractivity contribution in [2.24, 2.45) is 11.8 Å². The molecule has 4 nitrogen and oxygen atoms in total. The van der Waals surface area contributed by atoms with Crippen molar-refractivity contribution in [2.45, 2.75) is 37.6 Å². The molecule has 0 amide bonds. The number of pyridine rings is 1. The van der Waals surface area contributed by atoms with Crippen LogP contribution in [0.1, 0.15) is 26.7 Å². The summed E-state index contributed by atoms with van der Waals surface area (Å²) in [5.41, 5.74) is 0. The summed E-state index contributed by atoms with van der Waals surface area (Å²) in [4.78, 5) is 4.47. The van der Waals surface area contributed by atoms with Gasteiger partial charge in [0.25, 0.3) is 0 Å². The highest BCUT2D eigenvalue weighted by molar-refractivity contribution is 7.90. The lowest BCUT2D eigenvalue weighted by Crippen LogP contribution is -2.25. The molecular weight excluding hydrogens is 248 g/mol. The van der Waals surface area contributed by atoms with Crippen molar-refractivity contribution < 1.29 is 8.42 Å². The highest BCUT2D eigenvalue weighted by Crippen LogP contribution is 2.33. The van der Waals surface area contributed by atoms with Crippen LogP contribution in [0.3, 0.4) is 0 Å². The Balaban J connectivity index is 2.25. The quantitative estimate of drug-likeness (QED) is 0.914. The highest BCUT2D eigenvalue weighted by Gasteiger charge is 2.30. The highest BCUT2D eigenvalue weighted by atomic mass is 32.2. The molecule has 1 aromatic rings. The molecular formula is C13H20N2O2S. The first-order valence-corrected chi connectivity index (χ1v) is 8.20. The molecule has 1 aliphatic carbocycles. The van der Waals surface area contributed by atoms with Gasteiger partial charge in [0.15, 0.2) is 9.84 Å². The summed E-state index contributed by atoms with van der Waals surface area (Å²) in [5, 5.41) is 3.31. The van der Waals surface area contributed by atoms with Crippen LogP contribution in [0.4, 0.5) is 5.82 Å². The van der Waals surface area contributed by atoms with Gasteiger partial charge >= 0.3 is 0 Å². The summed E-state index contributed by atoms with van der Waals surface area (Å²) in [5.74, 6) is 1.71. The fourth-order valence-corrected chi connectivity index (χ4v) is 3.33. The van der Waals surface area contributed by atoms with Crippen molar-refractivity contribution >= 4 is 15.7 Å². The minimum absolute atomic E-state index is 0.289. The summed E-state index contributed by atoms with van der Waals surface area (Å²) in [6.07, 6.45) is 5.10. The Bertz CT molecular complexity index is 528. The molecule has 0 spiro atoms. The molecule has 0 bridgehead atoms. The molecule has 100 valence electrons. The van der Waals surface area contributed by atoms with Gasteiger partial charge in [-0.15, -0.1) is 0 Å². The number of sulfone groups is 1. The number of nitrogens with one attached hydrogen (secondary N) is 1. The van der Waals surface area contributed by atoms with Crippen LogP contribution < -0.4 is 5.32 Å². The second-order valence-corrected chi connectivity index (χ2v) is 7.27. The average Bonchev–Trinajstić information content (AvgIpc) is 2.60. The fraction of sp³-hybridized carbons (Fsp3) is 0.615. The molecule has 1 fully saturated rings. The van der Waals surface area contributed by atoms with Gasteiger partial charge in [-0.3, -0.25) is 0 Å². The van der Waals surface area contributed by atoms with E-state index < -0.39 is 9.84 Å². The van der Waals surface area contributed by atoms with Crippen molar-refractivity contribution in [1.29, 1.82) is 0 Å². The molecule has 1 N–H and O–H groups in total. The van der Waals surface area contributed by atoms with E-state index in [-0.39, 0.29) is 4.90 Å². The molecule has 1 aliphatic rings. The Kier molecular flexibility index (Phi) is 3.61. The van der Waals surface area contributed by atoms with Gasteiger partial charge in [-0.25, -0.2) is 13.4 Å². The maximum Gasteiger partial charge on any atom is 0.179 e. The molecule has 0 saturated heterocycles. The van der Waals surface area contributed by atoms with Gasteiger partial charge in [0.2, 0.25) is 0 Å². The molecule has 1 saturated carbocycles. The van der Waals surface area contributed by atoms with E-state index in [1.54, 1.807) is 18.3 Å². The zero-order valence-corrected chi connectivity index (χ0v) is 11.9. The van der Waals surface area contributed by atoms with E-state index in [9.17, 15) is 8.42 Å². The average molecular weight is 268 g/mol. The summed E-state index contributed by atoms with van der Waals surface area (Å²) in [6.45, 7) is 4.45. The SMILES string of the molecule is CC1CCC(Nc2ncccc2S(C)(=O)=O)C1C. The Morgan fingerprint density at radius 1 is 1.33 bits per heavy atom. The fourth-order valence-electron chi connectivity index (χ4n) is 2.54. The summed E-state index contributed by atoms with van der Waals surface area (Å²) >= 11 is 0. The lowest BCUT2D eigenvalue weighted by molar-refractivity contribution is 0.434. The largest absolute Gasteiger partial charge is 0.366 e. The van der Waals surface area contributed by atoms with Gasteiger partial charge in [0.1, 0.15) is 10.7 Å². The van der Waals surface area contributed by atoms with Crippen molar-refractivity contribution in [2.75, 3.05) is 11.6 Å². The third-order valence-corrected chi connectivity index (χ3v) is 5.09. The van der Waals surface area contributed by atoms with Crippen molar-refractivity contribution in [3.05, 3.63) is 18.3 Å². The van der Waals surface area contributed by atoms with Crippen LogP contribution in [0, 0.1) is 11.8 Å². The molecule has 1 heterocycles. The van der Waals surface area contributed by atoms with Gasteiger partial charge in [-0.1, -0.05) is 13.8 Å². The van der Waals surface area contributed by atoms with Crippen LogP contribution >= 0.6 is 0 Å². The molecule has 0 aliphatic heterocycles. The topological polar surface area (TPSA) is 59.1 Å². The van der Waals surface area contributed by atoms with E-state index in [1.807, 2.05) is 0 Å². The van der Waals surface area contributed by atoms with Crippen molar-refractivity contribution in [3.63, 3.8) is 0 Å². The maximum absolute atomic E-state index is 11.7. The summed E-state index contributed by atoms with van der Waals surface area (Å²) in [7, 11) is -3.23. The van der Waals surface area contributed by atoms with E-state index in [0.717, 1.165) is 6.42 Å². The molecule has 0 aromatic carbocycles. The van der Waals surface area contributed by atoms with Crippen LogP contribution in [-0.4, -0.2) is 25.7 Å². The first-order chi connectivity index (χ1) is 8.39. The third kappa shape index (κ3) is 2.66. The van der Waals surface area contributed by atoms with E-state index in [0.29, 0.717) is 23.7 Å². The van der Waals surface area contributed by atoms with Crippen molar-refractivity contribution in [1.82, 2.24) is 4.98 Å².